The van der Waals surface area contributed by atoms with Crippen molar-refractivity contribution in [2.45, 2.75) is 123 Å². The van der Waals surface area contributed by atoms with E-state index in [1.807, 2.05) is 44.8 Å². The van der Waals surface area contributed by atoms with Crippen LogP contribution in [0.4, 0.5) is 0 Å². The number of esters is 1. The molecule has 0 aromatic carbocycles. The van der Waals surface area contributed by atoms with Gasteiger partial charge in [-0.3, -0.25) is 19.3 Å². The topological polar surface area (TPSA) is 121 Å². The van der Waals surface area contributed by atoms with Crippen molar-refractivity contribution in [3.05, 3.63) is 0 Å². The summed E-state index contributed by atoms with van der Waals surface area (Å²) < 4.78 is 25.0. The first-order valence-electron chi connectivity index (χ1n) is 18.8. The fraction of sp³-hybridized carbons (Fsp3) is 0.921. The lowest BCUT2D eigenvalue weighted by atomic mass is 9.74. The number of hydrogen-bond acceptors (Lipinski definition) is 11. The maximum absolute atomic E-state index is 14.3. The van der Waals surface area contributed by atoms with Gasteiger partial charge in [-0.15, -0.1) is 0 Å². The molecule has 0 saturated carbocycles. The van der Waals surface area contributed by atoms with Crippen LogP contribution >= 0.6 is 0 Å². The molecule has 0 aliphatic carbocycles. The van der Waals surface area contributed by atoms with Gasteiger partial charge in [-0.1, -0.05) is 27.7 Å². The summed E-state index contributed by atoms with van der Waals surface area (Å²) in [5.74, 6) is -0.718. The second-order valence-corrected chi connectivity index (χ2v) is 17.2. The first kappa shape index (κ1) is 42.7. The van der Waals surface area contributed by atoms with Crippen LogP contribution in [-0.2, 0) is 33.3 Å². The molecule has 9 atom stereocenters. The molecule has 0 spiro atoms. The minimum Gasteiger partial charge on any atom is -0.463 e. The van der Waals surface area contributed by atoms with Crippen molar-refractivity contribution in [3.63, 3.8) is 0 Å². The van der Waals surface area contributed by atoms with Crippen LogP contribution in [0.25, 0.3) is 0 Å². The number of amides is 1. The predicted molar refractivity (Wildman–Crippen MR) is 193 cm³/mol. The molecule has 3 heterocycles. The van der Waals surface area contributed by atoms with Gasteiger partial charge in [-0.2, -0.15) is 0 Å². The van der Waals surface area contributed by atoms with E-state index in [1.165, 1.54) is 0 Å². The molecule has 3 fully saturated rings. The van der Waals surface area contributed by atoms with Gasteiger partial charge in [0.25, 0.3) is 0 Å². The van der Waals surface area contributed by atoms with Gasteiger partial charge in [0.05, 0.1) is 17.8 Å². The predicted octanol–water partition coefficient (Wildman–Crippen LogP) is 3.14. The summed E-state index contributed by atoms with van der Waals surface area (Å²) in [6.07, 6.45) is -0.401. The van der Waals surface area contributed by atoms with Crippen molar-refractivity contribution in [1.29, 1.82) is 0 Å². The van der Waals surface area contributed by atoms with Gasteiger partial charge in [0.1, 0.15) is 18.1 Å². The van der Waals surface area contributed by atoms with Gasteiger partial charge in [0, 0.05) is 63.6 Å². The number of ketones is 1. The van der Waals surface area contributed by atoms with E-state index in [0.29, 0.717) is 44.8 Å². The monoisotopic (exact) mass is 711 g/mol. The number of hydrogen-bond donors (Lipinski definition) is 1. The Balaban J connectivity index is 1.81. The highest BCUT2D eigenvalue weighted by Gasteiger charge is 2.52. The van der Waals surface area contributed by atoms with E-state index in [9.17, 15) is 19.5 Å². The number of ether oxygens (including phenoxy) is 4. The molecule has 12 heteroatoms. The molecule has 3 aliphatic rings. The van der Waals surface area contributed by atoms with Gasteiger partial charge in [0.2, 0.25) is 5.91 Å². The summed E-state index contributed by atoms with van der Waals surface area (Å²) >= 11 is 0. The Morgan fingerprint density at radius 3 is 2.30 bits per heavy atom. The maximum atomic E-state index is 14.3. The number of likely N-dealkylation sites (N-methyl/N-ethyl adjacent to an activating group) is 2. The zero-order chi connectivity index (χ0) is 37.7. The lowest BCUT2D eigenvalue weighted by Crippen LogP contribution is -2.60. The summed E-state index contributed by atoms with van der Waals surface area (Å²) in [5.41, 5.74) is -2.42. The second kappa shape index (κ2) is 17.9. The number of methoxy groups -OCH3 is 1. The minimum atomic E-state index is -1.46. The van der Waals surface area contributed by atoms with Crippen LogP contribution in [0.15, 0.2) is 0 Å². The van der Waals surface area contributed by atoms with E-state index < -0.39 is 41.4 Å². The Kier molecular flexibility index (Phi) is 15.3. The summed E-state index contributed by atoms with van der Waals surface area (Å²) in [6.45, 7) is 19.4. The Morgan fingerprint density at radius 1 is 1.08 bits per heavy atom. The molecule has 290 valence electrons. The normalized spacial score (nSPS) is 35.4. The van der Waals surface area contributed by atoms with Crippen molar-refractivity contribution < 1.29 is 38.4 Å². The van der Waals surface area contributed by atoms with E-state index in [-0.39, 0.29) is 48.3 Å². The molecule has 3 saturated heterocycles. The molecule has 1 amide bonds. The van der Waals surface area contributed by atoms with Gasteiger partial charge in [0.15, 0.2) is 12.1 Å². The van der Waals surface area contributed by atoms with Crippen molar-refractivity contribution in [1.82, 2.24) is 19.6 Å². The highest BCUT2D eigenvalue weighted by Crippen LogP contribution is 2.38. The van der Waals surface area contributed by atoms with Crippen LogP contribution in [-0.4, -0.2) is 159 Å². The smallest absolute Gasteiger partial charge is 0.319 e. The lowest BCUT2D eigenvalue weighted by Gasteiger charge is -2.47. The van der Waals surface area contributed by atoms with Crippen LogP contribution in [0.5, 0.6) is 0 Å². The number of rotatable bonds is 11. The first-order chi connectivity index (χ1) is 23.2. The summed E-state index contributed by atoms with van der Waals surface area (Å²) in [6, 6.07) is -0.314. The van der Waals surface area contributed by atoms with Gasteiger partial charge in [-0.05, 0) is 93.5 Å². The molecule has 1 N–H and O–H groups in total. The van der Waals surface area contributed by atoms with Gasteiger partial charge < -0.3 is 38.8 Å². The second-order valence-electron chi connectivity index (χ2n) is 17.2. The number of cyclic esters (lactones) is 1. The molecule has 3 aliphatic heterocycles. The number of aliphatic hydroxyl groups is 1. The Hall–Kier alpha value is -1.67. The molecule has 1 unspecified atom stereocenters. The molecular formula is C38H70N4O8. The lowest BCUT2D eigenvalue weighted by molar-refractivity contribution is -0.295. The Bertz CT molecular complexity index is 1130. The third-order valence-electron chi connectivity index (χ3n) is 11.3. The standard InChI is InChI=1S/C38H70N4O8/c1-24(2)19-40(11)16-14-15-31(43)42-21-28(22-42)30-23-48-36(46)37(6,7)33(45)27(5)34(38(8,47-13)18-25(3)20-41(30)12)50-35-32(44)29(39(9)10)17-26(4)49-35/h24-30,32,34-35,44H,14-23H2,1-13H3/t25-,26-,27+,29+,30?,32-,34-,35+,38-/m1/s1. The van der Waals surface area contributed by atoms with Crippen LogP contribution in [0, 0.1) is 29.1 Å². The molecule has 0 aromatic rings. The fourth-order valence-electron chi connectivity index (χ4n) is 8.39. The minimum absolute atomic E-state index is 0.0941. The van der Waals surface area contributed by atoms with Gasteiger partial charge >= 0.3 is 5.97 Å². The molecule has 0 aromatic heterocycles. The molecular weight excluding hydrogens is 640 g/mol. The van der Waals surface area contributed by atoms with E-state index in [0.717, 1.165) is 19.5 Å². The number of nitrogens with zero attached hydrogens (tertiary/aromatic N) is 4. The first-order valence-corrected chi connectivity index (χ1v) is 18.8. The number of carbonyl (C=O) groups excluding carboxylic acids is 3. The third kappa shape index (κ3) is 10.5. The average Bonchev–Trinajstić information content (AvgIpc) is 2.99. The van der Waals surface area contributed by atoms with E-state index in [1.54, 1.807) is 27.9 Å². The van der Waals surface area contributed by atoms with Crippen molar-refractivity contribution in [2.75, 3.05) is 74.6 Å². The SMILES string of the molecule is CO[C@]1(C)C[C@@H](C)CN(C)C(C2CN(C(=O)CCCN(C)CC(C)C)C2)COC(=O)C(C)(C)C(=O)[C@H](C)[C@H]1O[C@@H]1O[C@H](C)C[C@H](N(C)C)[C@H]1O. The van der Waals surface area contributed by atoms with E-state index >= 15 is 0 Å². The molecule has 3 rings (SSSR count). The molecule has 0 bridgehead atoms. The average molecular weight is 711 g/mol. The van der Waals surface area contributed by atoms with Crippen LogP contribution in [0.2, 0.25) is 0 Å². The third-order valence-corrected chi connectivity index (χ3v) is 11.3. The van der Waals surface area contributed by atoms with E-state index in [4.69, 9.17) is 18.9 Å². The van der Waals surface area contributed by atoms with Crippen molar-refractivity contribution in [2.24, 2.45) is 29.1 Å². The largest absolute Gasteiger partial charge is 0.463 e. The van der Waals surface area contributed by atoms with E-state index in [2.05, 4.69) is 37.6 Å². The number of aliphatic hydroxyl groups excluding tert-OH is 1. The zero-order valence-electron chi connectivity index (χ0n) is 33.4. The molecule has 0 radical (unpaired) electrons. The van der Waals surface area contributed by atoms with Crippen LogP contribution in [0.1, 0.15) is 81.1 Å². The number of Topliss-reactive ketones (excluding diaryl/α,β-unsaturated/α-hetero) is 1. The Labute approximate surface area is 302 Å². The fourth-order valence-corrected chi connectivity index (χ4v) is 8.39. The number of carbonyl (C=O) groups is 3. The van der Waals surface area contributed by atoms with Crippen LogP contribution < -0.4 is 0 Å². The summed E-state index contributed by atoms with van der Waals surface area (Å²) in [7, 11) is 9.59. The molecule has 50 heavy (non-hydrogen) atoms. The maximum Gasteiger partial charge on any atom is 0.319 e. The zero-order valence-corrected chi connectivity index (χ0v) is 33.4. The van der Waals surface area contributed by atoms with Gasteiger partial charge in [-0.25, -0.2) is 0 Å². The summed E-state index contributed by atoms with van der Waals surface area (Å²) in [4.78, 5) is 49.4. The quantitative estimate of drug-likeness (QED) is 0.252. The highest BCUT2D eigenvalue weighted by molar-refractivity contribution is 6.04. The Morgan fingerprint density at radius 2 is 1.72 bits per heavy atom. The molecule has 12 nitrogen and oxygen atoms in total. The van der Waals surface area contributed by atoms with Crippen molar-refractivity contribution >= 4 is 17.7 Å². The van der Waals surface area contributed by atoms with Crippen molar-refractivity contribution in [3.8, 4) is 0 Å². The summed E-state index contributed by atoms with van der Waals surface area (Å²) in [5, 5.41) is 11.4. The highest BCUT2D eigenvalue weighted by atomic mass is 16.7. The number of likely N-dealkylation sites (tertiary alicyclic amines) is 1. The van der Waals surface area contributed by atoms with Crippen LogP contribution in [0.3, 0.4) is 0 Å².